The Kier molecular flexibility index (Phi) is 10.7. The number of aliphatic hydroxyl groups excluding tert-OH is 1. The van der Waals surface area contributed by atoms with Crippen molar-refractivity contribution in [2.24, 2.45) is 0 Å². The summed E-state index contributed by atoms with van der Waals surface area (Å²) in [5.74, 6) is 1.49. The number of rotatable bonds is 13. The van der Waals surface area contributed by atoms with Gasteiger partial charge in [0.15, 0.2) is 5.78 Å². The van der Waals surface area contributed by atoms with E-state index in [0.29, 0.717) is 47.5 Å². The van der Waals surface area contributed by atoms with Gasteiger partial charge in [0.25, 0.3) is 0 Å². The molecular weight excluding hydrogens is 520 g/mol. The average Bonchev–Trinajstić information content (AvgIpc) is 2.88. The summed E-state index contributed by atoms with van der Waals surface area (Å²) < 4.78 is 18.0. The zero-order valence-corrected chi connectivity index (χ0v) is 26.0. The number of carbonyl (C=O) groups excluding carboxylic acids is 1. The molecular formula is C34H48O7. The Bertz CT molecular complexity index is 1260. The molecule has 7 nitrogen and oxygen atoms in total. The van der Waals surface area contributed by atoms with E-state index in [1.165, 1.54) is 12.7 Å². The van der Waals surface area contributed by atoms with Crippen LogP contribution in [0.3, 0.4) is 0 Å². The minimum Gasteiger partial charge on any atom is -0.496 e. The Labute approximate surface area is 245 Å². The van der Waals surface area contributed by atoms with Crippen molar-refractivity contribution < 1.29 is 34.3 Å². The van der Waals surface area contributed by atoms with Gasteiger partial charge >= 0.3 is 0 Å². The van der Waals surface area contributed by atoms with Gasteiger partial charge in [-0.05, 0) is 103 Å². The number of allylic oxidation sites excluding steroid dienone is 2. The van der Waals surface area contributed by atoms with Crippen LogP contribution >= 0.6 is 0 Å². The largest absolute Gasteiger partial charge is 0.496 e. The zero-order chi connectivity index (χ0) is 30.5. The summed E-state index contributed by atoms with van der Waals surface area (Å²) in [5, 5.41) is 30.5. The Balaban J connectivity index is 1.98. The maximum Gasteiger partial charge on any atom is 0.174 e. The lowest BCUT2D eigenvalue weighted by Gasteiger charge is -2.30. The zero-order valence-electron chi connectivity index (χ0n) is 26.0. The monoisotopic (exact) mass is 568 g/mol. The molecule has 3 rings (SSSR count). The number of ketones is 1. The Hall–Kier alpha value is -2.87. The van der Waals surface area contributed by atoms with Gasteiger partial charge in [-0.3, -0.25) is 4.79 Å². The smallest absolute Gasteiger partial charge is 0.174 e. The van der Waals surface area contributed by atoms with Gasteiger partial charge in [-0.1, -0.05) is 23.8 Å². The topological polar surface area (TPSA) is 105 Å². The van der Waals surface area contributed by atoms with Crippen LogP contribution in [0.2, 0.25) is 0 Å². The molecule has 0 aromatic heterocycles. The molecule has 0 bridgehead atoms. The van der Waals surface area contributed by atoms with E-state index in [1.54, 1.807) is 27.0 Å². The van der Waals surface area contributed by atoms with E-state index in [2.05, 4.69) is 13.0 Å². The SMILES string of the molecule is COc1c(C)ccc([C@@H]2CC(=O)c3c(cc(CO)c(CCC(C)(C)O)c3OC)O2)c1C/C=C(\C)CCCC(C)(C)O. The predicted molar refractivity (Wildman–Crippen MR) is 161 cm³/mol. The number of aliphatic hydroxyl groups is 3. The molecule has 41 heavy (non-hydrogen) atoms. The molecule has 0 radical (unpaired) electrons. The first-order valence-electron chi connectivity index (χ1n) is 14.5. The van der Waals surface area contributed by atoms with Gasteiger partial charge in [0, 0.05) is 11.1 Å². The minimum atomic E-state index is -0.900. The van der Waals surface area contributed by atoms with E-state index < -0.39 is 17.3 Å². The van der Waals surface area contributed by atoms with Crippen LogP contribution < -0.4 is 14.2 Å². The molecule has 0 fully saturated rings. The quantitative estimate of drug-likeness (QED) is 0.242. The van der Waals surface area contributed by atoms with Crippen LogP contribution in [0.25, 0.3) is 0 Å². The second kappa shape index (κ2) is 13.4. The average molecular weight is 569 g/mol. The summed E-state index contributed by atoms with van der Waals surface area (Å²) in [6, 6.07) is 5.73. The highest BCUT2D eigenvalue weighted by molar-refractivity contribution is 6.03. The third kappa shape index (κ3) is 8.34. The Morgan fingerprint density at radius 1 is 1.05 bits per heavy atom. The van der Waals surface area contributed by atoms with Gasteiger partial charge in [-0.15, -0.1) is 0 Å². The summed E-state index contributed by atoms with van der Waals surface area (Å²) in [7, 11) is 3.17. The van der Waals surface area contributed by atoms with E-state index in [1.807, 2.05) is 32.9 Å². The van der Waals surface area contributed by atoms with Crippen LogP contribution in [0.1, 0.15) is 111 Å². The number of hydrogen-bond donors (Lipinski definition) is 3. The van der Waals surface area contributed by atoms with Gasteiger partial charge in [-0.25, -0.2) is 0 Å². The fourth-order valence-electron chi connectivity index (χ4n) is 5.53. The van der Waals surface area contributed by atoms with Gasteiger partial charge in [0.05, 0.1) is 38.4 Å². The number of Topliss-reactive ketones (excluding diaryl/α,β-unsaturated/α-hetero) is 1. The molecule has 0 spiro atoms. The van der Waals surface area contributed by atoms with Crippen molar-refractivity contribution in [2.45, 2.75) is 110 Å². The first-order valence-corrected chi connectivity index (χ1v) is 14.5. The summed E-state index contributed by atoms with van der Waals surface area (Å²) in [6.07, 6.45) is 5.83. The van der Waals surface area contributed by atoms with Crippen molar-refractivity contribution in [1.82, 2.24) is 0 Å². The van der Waals surface area contributed by atoms with Crippen LogP contribution in [0, 0.1) is 6.92 Å². The molecule has 3 N–H and O–H groups in total. The maximum absolute atomic E-state index is 13.7. The van der Waals surface area contributed by atoms with Crippen molar-refractivity contribution in [3.8, 4) is 17.2 Å². The summed E-state index contributed by atoms with van der Waals surface area (Å²) in [5.41, 5.74) is 4.24. The summed E-state index contributed by atoms with van der Waals surface area (Å²) >= 11 is 0. The minimum absolute atomic E-state index is 0.0917. The second-order valence-electron chi connectivity index (χ2n) is 12.5. The summed E-state index contributed by atoms with van der Waals surface area (Å²) in [6.45, 7) is 11.0. The van der Waals surface area contributed by atoms with Crippen molar-refractivity contribution in [3.05, 3.63) is 63.2 Å². The number of methoxy groups -OCH3 is 2. The fourth-order valence-corrected chi connectivity index (χ4v) is 5.53. The van der Waals surface area contributed by atoms with Gasteiger partial charge in [-0.2, -0.15) is 0 Å². The molecule has 1 heterocycles. The highest BCUT2D eigenvalue weighted by Crippen LogP contribution is 2.45. The number of hydrogen-bond acceptors (Lipinski definition) is 7. The molecule has 1 atom stereocenters. The first-order chi connectivity index (χ1) is 19.2. The molecule has 0 aliphatic carbocycles. The number of carbonyl (C=O) groups is 1. The van der Waals surface area contributed by atoms with Crippen LogP contribution in [-0.4, -0.2) is 46.5 Å². The van der Waals surface area contributed by atoms with Gasteiger partial charge in [0.2, 0.25) is 0 Å². The van der Waals surface area contributed by atoms with E-state index in [0.717, 1.165) is 41.7 Å². The highest BCUT2D eigenvalue weighted by Gasteiger charge is 2.35. The fraction of sp³-hybridized carbons (Fsp3) is 0.559. The molecule has 2 aromatic rings. The van der Waals surface area contributed by atoms with Crippen LogP contribution in [0.15, 0.2) is 29.8 Å². The van der Waals surface area contributed by atoms with Crippen molar-refractivity contribution >= 4 is 5.78 Å². The molecule has 0 unspecified atom stereocenters. The van der Waals surface area contributed by atoms with Gasteiger partial charge < -0.3 is 29.5 Å². The Morgan fingerprint density at radius 3 is 2.29 bits per heavy atom. The third-order valence-corrected chi connectivity index (χ3v) is 7.78. The van der Waals surface area contributed by atoms with Crippen LogP contribution in [0.4, 0.5) is 0 Å². The second-order valence-corrected chi connectivity index (χ2v) is 12.5. The lowest BCUT2D eigenvalue weighted by molar-refractivity contribution is 0.0687. The van der Waals surface area contributed by atoms with E-state index in [9.17, 15) is 20.1 Å². The maximum atomic E-state index is 13.7. The Morgan fingerprint density at radius 2 is 1.71 bits per heavy atom. The number of fused-ring (bicyclic) bond motifs is 1. The molecule has 1 aliphatic rings. The predicted octanol–water partition coefficient (Wildman–Crippen LogP) is 6.34. The van der Waals surface area contributed by atoms with Crippen molar-refractivity contribution in [3.63, 3.8) is 0 Å². The van der Waals surface area contributed by atoms with Crippen molar-refractivity contribution in [1.29, 1.82) is 0 Å². The molecule has 1 aliphatic heterocycles. The third-order valence-electron chi connectivity index (χ3n) is 7.78. The molecule has 0 saturated carbocycles. The highest BCUT2D eigenvalue weighted by atomic mass is 16.5. The van der Waals surface area contributed by atoms with Gasteiger partial charge in [0.1, 0.15) is 28.9 Å². The van der Waals surface area contributed by atoms with Crippen molar-refractivity contribution in [2.75, 3.05) is 14.2 Å². The standard InChI is InChI=1S/C34H48O7/c1-21(10-9-16-33(3,4)37)11-13-26-25(14-12-22(2)31(26)39-7)28-19-27(36)30-29(41-28)18-23(20-35)24(32(30)40-8)15-17-34(5,6)38/h11-12,14,18,28,35,37-38H,9-10,13,15-17,19-20H2,1-8H3/b21-11+/t28-/m0/s1. The van der Waals surface area contributed by atoms with E-state index in [4.69, 9.17) is 14.2 Å². The molecule has 7 heteroatoms. The molecule has 2 aromatic carbocycles. The van der Waals surface area contributed by atoms with E-state index >= 15 is 0 Å². The van der Waals surface area contributed by atoms with Crippen LogP contribution in [-0.2, 0) is 19.4 Å². The molecule has 226 valence electrons. The number of ether oxygens (including phenoxy) is 3. The van der Waals surface area contributed by atoms with Crippen LogP contribution in [0.5, 0.6) is 17.2 Å². The molecule has 0 amide bonds. The lowest BCUT2D eigenvalue weighted by Crippen LogP contribution is -2.24. The first kappa shape index (κ1) is 32.6. The summed E-state index contributed by atoms with van der Waals surface area (Å²) in [4.78, 5) is 13.7. The normalized spacial score (nSPS) is 15.9. The van der Waals surface area contributed by atoms with E-state index in [-0.39, 0.29) is 18.8 Å². The number of aryl methyl sites for hydroxylation is 1. The lowest BCUT2D eigenvalue weighted by atomic mass is 9.87. The number of benzene rings is 2. The molecule has 0 saturated heterocycles.